The van der Waals surface area contributed by atoms with E-state index in [0.717, 1.165) is 0 Å². The van der Waals surface area contributed by atoms with Crippen molar-refractivity contribution in [1.29, 1.82) is 0 Å². The molecule has 0 aliphatic carbocycles. The monoisotopic (exact) mass is 219 g/mol. The number of phenols is 1. The van der Waals surface area contributed by atoms with Crippen LogP contribution in [-0.4, -0.2) is 26.4 Å². The number of hydrogen-bond donors (Lipinski definition) is 4. The van der Waals surface area contributed by atoms with Gasteiger partial charge in [-0.1, -0.05) is 18.2 Å². The van der Waals surface area contributed by atoms with E-state index >= 15 is 0 Å². The maximum absolute atomic E-state index is 10.9. The molecule has 0 saturated heterocycles. The second-order valence-corrected chi connectivity index (χ2v) is 3.18. The molecule has 0 aliphatic heterocycles. The summed E-state index contributed by atoms with van der Waals surface area (Å²) in [4.78, 5) is 10.9. The number of anilines is 1. The van der Waals surface area contributed by atoms with Crippen LogP contribution in [0.1, 0.15) is 10.5 Å². The number of aromatic amines is 1. The van der Waals surface area contributed by atoms with Crippen LogP contribution < -0.4 is 5.73 Å². The summed E-state index contributed by atoms with van der Waals surface area (Å²) in [6, 6.07) is 6.33. The summed E-state index contributed by atoms with van der Waals surface area (Å²) in [6.07, 6.45) is 0. The first-order valence-electron chi connectivity index (χ1n) is 4.46. The highest BCUT2D eigenvalue weighted by atomic mass is 16.4. The van der Waals surface area contributed by atoms with E-state index in [2.05, 4.69) is 10.2 Å². The molecule has 5 N–H and O–H groups in total. The van der Waals surface area contributed by atoms with Gasteiger partial charge in [-0.3, -0.25) is 5.10 Å². The lowest BCUT2D eigenvalue weighted by Gasteiger charge is -2.03. The third-order valence-corrected chi connectivity index (χ3v) is 2.18. The Morgan fingerprint density at radius 2 is 2.06 bits per heavy atom. The Kier molecular flexibility index (Phi) is 2.24. The van der Waals surface area contributed by atoms with Gasteiger partial charge in [0.05, 0.1) is 5.56 Å². The SMILES string of the molecule is Nc1n[nH]c(C(=O)O)c1-c1ccccc1O. The van der Waals surface area contributed by atoms with E-state index in [1.54, 1.807) is 18.2 Å². The number of nitrogens with zero attached hydrogens (tertiary/aromatic N) is 1. The fraction of sp³-hybridized carbons (Fsp3) is 0. The molecule has 1 aromatic heterocycles. The number of carbonyl (C=O) groups is 1. The Labute approximate surface area is 90.3 Å². The Morgan fingerprint density at radius 3 is 2.69 bits per heavy atom. The van der Waals surface area contributed by atoms with Gasteiger partial charge < -0.3 is 15.9 Å². The van der Waals surface area contributed by atoms with Gasteiger partial charge in [0, 0.05) is 5.56 Å². The van der Waals surface area contributed by atoms with Crippen molar-refractivity contribution in [3.63, 3.8) is 0 Å². The van der Waals surface area contributed by atoms with Gasteiger partial charge in [-0.25, -0.2) is 4.79 Å². The number of benzene rings is 1. The molecule has 0 atom stereocenters. The van der Waals surface area contributed by atoms with Crippen LogP contribution in [0.4, 0.5) is 5.82 Å². The van der Waals surface area contributed by atoms with E-state index < -0.39 is 5.97 Å². The molecule has 1 heterocycles. The van der Waals surface area contributed by atoms with Crippen molar-refractivity contribution in [2.45, 2.75) is 0 Å². The average molecular weight is 219 g/mol. The summed E-state index contributed by atoms with van der Waals surface area (Å²) < 4.78 is 0. The van der Waals surface area contributed by atoms with Crippen LogP contribution in [-0.2, 0) is 0 Å². The lowest BCUT2D eigenvalue weighted by Crippen LogP contribution is -1.99. The smallest absolute Gasteiger partial charge is 0.354 e. The number of nitrogens with two attached hydrogens (primary N) is 1. The van der Waals surface area contributed by atoms with Crippen molar-refractivity contribution in [3.05, 3.63) is 30.0 Å². The second-order valence-electron chi connectivity index (χ2n) is 3.18. The van der Waals surface area contributed by atoms with Crippen molar-refractivity contribution in [3.8, 4) is 16.9 Å². The molecule has 2 aromatic rings. The van der Waals surface area contributed by atoms with Crippen molar-refractivity contribution in [2.75, 3.05) is 5.73 Å². The van der Waals surface area contributed by atoms with Gasteiger partial charge in [-0.05, 0) is 6.07 Å². The summed E-state index contributed by atoms with van der Waals surface area (Å²) in [6.45, 7) is 0. The molecule has 16 heavy (non-hydrogen) atoms. The number of aromatic nitrogens is 2. The zero-order valence-corrected chi connectivity index (χ0v) is 8.14. The molecule has 82 valence electrons. The Hall–Kier alpha value is -2.50. The molecular formula is C10H9N3O3. The highest BCUT2D eigenvalue weighted by Crippen LogP contribution is 2.34. The number of carboxylic acids is 1. The van der Waals surface area contributed by atoms with E-state index in [1.165, 1.54) is 6.07 Å². The number of phenolic OH excluding ortho intramolecular Hbond substituents is 1. The molecular weight excluding hydrogens is 210 g/mol. The van der Waals surface area contributed by atoms with Gasteiger partial charge in [0.1, 0.15) is 5.75 Å². The minimum atomic E-state index is -1.18. The molecule has 6 heteroatoms. The number of carboxylic acid groups (broad SMARTS) is 1. The minimum Gasteiger partial charge on any atom is -0.507 e. The highest BCUT2D eigenvalue weighted by molar-refractivity contribution is 5.98. The fourth-order valence-electron chi connectivity index (χ4n) is 1.47. The number of para-hydroxylation sites is 1. The van der Waals surface area contributed by atoms with Gasteiger partial charge >= 0.3 is 5.97 Å². The number of nitrogens with one attached hydrogen (secondary N) is 1. The molecule has 0 fully saturated rings. The topological polar surface area (TPSA) is 112 Å². The number of aromatic hydroxyl groups is 1. The maximum Gasteiger partial charge on any atom is 0.354 e. The zero-order valence-electron chi connectivity index (χ0n) is 8.14. The van der Waals surface area contributed by atoms with Crippen LogP contribution in [0.2, 0.25) is 0 Å². The van der Waals surface area contributed by atoms with Crippen LogP contribution >= 0.6 is 0 Å². The summed E-state index contributed by atoms with van der Waals surface area (Å²) in [5.41, 5.74) is 5.96. The molecule has 6 nitrogen and oxygen atoms in total. The molecule has 0 unspecified atom stereocenters. The normalized spacial score (nSPS) is 10.2. The molecule has 1 aromatic carbocycles. The van der Waals surface area contributed by atoms with Crippen LogP contribution in [0.25, 0.3) is 11.1 Å². The predicted molar refractivity (Wildman–Crippen MR) is 57.1 cm³/mol. The van der Waals surface area contributed by atoms with Crippen molar-refractivity contribution in [1.82, 2.24) is 10.2 Å². The van der Waals surface area contributed by atoms with Crippen molar-refractivity contribution in [2.24, 2.45) is 0 Å². The van der Waals surface area contributed by atoms with Gasteiger partial charge in [0.2, 0.25) is 0 Å². The third-order valence-electron chi connectivity index (χ3n) is 2.18. The minimum absolute atomic E-state index is 0.0406. The summed E-state index contributed by atoms with van der Waals surface area (Å²) >= 11 is 0. The summed E-state index contributed by atoms with van der Waals surface area (Å²) in [5, 5.41) is 24.5. The van der Waals surface area contributed by atoms with Gasteiger partial charge in [0.25, 0.3) is 0 Å². The first-order valence-corrected chi connectivity index (χ1v) is 4.46. The molecule has 0 saturated carbocycles. The number of aromatic carboxylic acids is 1. The number of hydrogen-bond acceptors (Lipinski definition) is 4. The standard InChI is InChI=1S/C10H9N3O3/c11-9-7(8(10(15)16)12-13-9)5-3-1-2-4-6(5)14/h1-4,14H,(H,15,16)(H3,11,12,13). The van der Waals surface area contributed by atoms with Gasteiger partial charge in [-0.15, -0.1) is 0 Å². The van der Waals surface area contributed by atoms with E-state index in [0.29, 0.717) is 5.56 Å². The van der Waals surface area contributed by atoms with Crippen LogP contribution in [0, 0.1) is 0 Å². The number of H-pyrrole nitrogens is 1. The Balaban J connectivity index is 2.68. The number of nitrogen functional groups attached to an aromatic ring is 1. The van der Waals surface area contributed by atoms with Crippen molar-refractivity contribution >= 4 is 11.8 Å². The highest BCUT2D eigenvalue weighted by Gasteiger charge is 2.20. The van der Waals surface area contributed by atoms with Crippen LogP contribution in [0.15, 0.2) is 24.3 Å². The number of rotatable bonds is 2. The average Bonchev–Trinajstić information content (AvgIpc) is 2.61. The molecule has 2 rings (SSSR count). The van der Waals surface area contributed by atoms with E-state index in [-0.39, 0.29) is 22.8 Å². The zero-order chi connectivity index (χ0) is 11.7. The largest absolute Gasteiger partial charge is 0.507 e. The first kappa shape index (κ1) is 10.0. The Morgan fingerprint density at radius 1 is 1.38 bits per heavy atom. The van der Waals surface area contributed by atoms with Gasteiger partial charge in [0.15, 0.2) is 11.5 Å². The molecule has 0 aliphatic rings. The molecule has 0 amide bonds. The molecule has 0 bridgehead atoms. The maximum atomic E-state index is 10.9. The molecule has 0 radical (unpaired) electrons. The van der Waals surface area contributed by atoms with E-state index in [4.69, 9.17) is 10.8 Å². The predicted octanol–water partition coefficient (Wildman–Crippen LogP) is 1.06. The van der Waals surface area contributed by atoms with Gasteiger partial charge in [-0.2, -0.15) is 5.10 Å². The first-order chi connectivity index (χ1) is 7.61. The summed E-state index contributed by atoms with van der Waals surface area (Å²) in [5.74, 6) is -1.18. The lowest BCUT2D eigenvalue weighted by atomic mass is 10.0. The second kappa shape index (κ2) is 3.58. The van der Waals surface area contributed by atoms with Crippen molar-refractivity contribution < 1.29 is 15.0 Å². The third kappa shape index (κ3) is 1.46. The summed E-state index contributed by atoms with van der Waals surface area (Å²) in [7, 11) is 0. The fourth-order valence-corrected chi connectivity index (χ4v) is 1.47. The van der Waals surface area contributed by atoms with Crippen LogP contribution in [0.5, 0.6) is 5.75 Å². The Bertz CT molecular complexity index is 548. The molecule has 0 spiro atoms. The lowest BCUT2D eigenvalue weighted by molar-refractivity contribution is 0.0691. The van der Waals surface area contributed by atoms with E-state index in [9.17, 15) is 9.90 Å². The van der Waals surface area contributed by atoms with Crippen LogP contribution in [0.3, 0.4) is 0 Å². The quantitative estimate of drug-likeness (QED) is 0.603. The van der Waals surface area contributed by atoms with E-state index in [1.807, 2.05) is 0 Å².